The van der Waals surface area contributed by atoms with E-state index in [2.05, 4.69) is 4.98 Å². The van der Waals surface area contributed by atoms with Crippen molar-refractivity contribution in [2.45, 2.75) is 17.8 Å². The normalized spacial score (nSPS) is 11.4. The highest BCUT2D eigenvalue weighted by Gasteiger charge is 2.12. The van der Waals surface area contributed by atoms with Crippen molar-refractivity contribution < 1.29 is 4.42 Å². The second kappa shape index (κ2) is 6.16. The maximum atomic E-state index is 12.4. The van der Waals surface area contributed by atoms with Crippen LogP contribution in [-0.4, -0.2) is 9.55 Å². The molecule has 0 atom stereocenters. The number of hydrogen-bond acceptors (Lipinski definition) is 6. The molecule has 0 spiro atoms. The number of fused-ring (bicyclic) bond motifs is 2. The average molecular weight is 370 g/mol. The van der Waals surface area contributed by atoms with Crippen molar-refractivity contribution >= 4 is 44.3 Å². The van der Waals surface area contributed by atoms with Gasteiger partial charge in [0.15, 0.2) is 5.16 Å². The molecule has 1 aromatic carbocycles. The van der Waals surface area contributed by atoms with Gasteiger partial charge in [0.25, 0.3) is 5.56 Å². The van der Waals surface area contributed by atoms with Gasteiger partial charge in [0.1, 0.15) is 10.3 Å². The smallest absolute Gasteiger partial charge is 0.336 e. The Kier molecular flexibility index (Phi) is 3.97. The maximum Gasteiger partial charge on any atom is 0.336 e. The van der Waals surface area contributed by atoms with E-state index < -0.39 is 0 Å². The average Bonchev–Trinajstić information content (AvgIpc) is 3.04. The van der Waals surface area contributed by atoms with Crippen molar-refractivity contribution in [3.63, 3.8) is 0 Å². The summed E-state index contributed by atoms with van der Waals surface area (Å²) < 4.78 is 7.51. The van der Waals surface area contributed by atoms with Crippen LogP contribution in [0.4, 0.5) is 0 Å². The molecule has 0 aliphatic heterocycles. The molecular weight excluding hydrogens is 356 g/mol. The molecule has 0 aliphatic rings. The SMILES string of the molecule is Cc1ccc2c(CSc3nc4ccsc4c(=O)n3C)cc(=O)oc2c1. The maximum absolute atomic E-state index is 12.4. The molecule has 4 rings (SSSR count). The van der Waals surface area contributed by atoms with Crippen LogP contribution in [0.3, 0.4) is 0 Å². The Morgan fingerprint density at radius 3 is 2.92 bits per heavy atom. The lowest BCUT2D eigenvalue weighted by Gasteiger charge is -2.08. The van der Waals surface area contributed by atoms with Gasteiger partial charge < -0.3 is 4.42 Å². The topological polar surface area (TPSA) is 65.1 Å². The van der Waals surface area contributed by atoms with Crippen LogP contribution in [0.5, 0.6) is 0 Å². The van der Waals surface area contributed by atoms with E-state index in [0.29, 0.717) is 26.7 Å². The number of aromatic nitrogens is 2. The van der Waals surface area contributed by atoms with Crippen molar-refractivity contribution in [2.24, 2.45) is 7.05 Å². The molecule has 0 saturated carbocycles. The number of aryl methyl sites for hydroxylation is 1. The Labute approximate surface area is 150 Å². The van der Waals surface area contributed by atoms with E-state index in [-0.39, 0.29) is 11.2 Å². The predicted octanol–water partition coefficient (Wildman–Crippen LogP) is 3.70. The molecule has 5 nitrogen and oxygen atoms in total. The fraction of sp³-hybridized carbons (Fsp3) is 0.167. The van der Waals surface area contributed by atoms with Crippen LogP contribution < -0.4 is 11.2 Å². The minimum absolute atomic E-state index is 0.0458. The summed E-state index contributed by atoms with van der Waals surface area (Å²) in [7, 11) is 1.72. The molecule has 0 radical (unpaired) electrons. The third-order valence-electron chi connectivity index (χ3n) is 3.99. The van der Waals surface area contributed by atoms with E-state index in [9.17, 15) is 9.59 Å². The highest BCUT2D eigenvalue weighted by atomic mass is 32.2. The number of thioether (sulfide) groups is 1. The summed E-state index contributed by atoms with van der Waals surface area (Å²) in [4.78, 5) is 28.8. The quantitative estimate of drug-likeness (QED) is 0.312. The van der Waals surface area contributed by atoms with Crippen LogP contribution >= 0.6 is 23.1 Å². The van der Waals surface area contributed by atoms with Crippen LogP contribution in [0.2, 0.25) is 0 Å². The van der Waals surface area contributed by atoms with E-state index in [1.165, 1.54) is 29.2 Å². The van der Waals surface area contributed by atoms with Gasteiger partial charge in [-0.15, -0.1) is 11.3 Å². The van der Waals surface area contributed by atoms with Crippen molar-refractivity contribution in [1.82, 2.24) is 9.55 Å². The van der Waals surface area contributed by atoms with Gasteiger partial charge in [-0.05, 0) is 35.6 Å². The summed E-state index contributed by atoms with van der Waals surface area (Å²) in [6.07, 6.45) is 0. The van der Waals surface area contributed by atoms with Crippen LogP contribution in [0, 0.1) is 6.92 Å². The lowest BCUT2D eigenvalue weighted by molar-refractivity contribution is 0.559. The van der Waals surface area contributed by atoms with Crippen LogP contribution in [-0.2, 0) is 12.8 Å². The molecule has 126 valence electrons. The molecule has 0 saturated heterocycles. The number of hydrogen-bond donors (Lipinski definition) is 0. The van der Waals surface area contributed by atoms with Crippen molar-refractivity contribution in [3.8, 4) is 0 Å². The van der Waals surface area contributed by atoms with Gasteiger partial charge in [-0.3, -0.25) is 9.36 Å². The first-order valence-electron chi connectivity index (χ1n) is 7.63. The molecule has 0 fully saturated rings. The third kappa shape index (κ3) is 2.89. The molecule has 7 heteroatoms. The molecule has 25 heavy (non-hydrogen) atoms. The zero-order chi connectivity index (χ0) is 17.6. The molecular formula is C18H14N2O3S2. The van der Waals surface area contributed by atoms with Crippen molar-refractivity contribution in [3.05, 3.63) is 67.6 Å². The number of benzene rings is 1. The van der Waals surface area contributed by atoms with E-state index >= 15 is 0 Å². The molecule has 4 aromatic rings. The minimum atomic E-state index is -0.371. The molecule has 0 amide bonds. The zero-order valence-corrected chi connectivity index (χ0v) is 15.2. The monoisotopic (exact) mass is 370 g/mol. The summed E-state index contributed by atoms with van der Waals surface area (Å²) >= 11 is 2.83. The van der Waals surface area contributed by atoms with E-state index in [1.54, 1.807) is 11.6 Å². The van der Waals surface area contributed by atoms with Gasteiger partial charge >= 0.3 is 5.63 Å². The predicted molar refractivity (Wildman–Crippen MR) is 102 cm³/mol. The van der Waals surface area contributed by atoms with E-state index in [0.717, 1.165) is 16.5 Å². The summed E-state index contributed by atoms with van der Waals surface area (Å²) in [5, 5.41) is 3.40. The molecule has 0 N–H and O–H groups in total. The summed E-state index contributed by atoms with van der Waals surface area (Å²) in [6, 6.07) is 9.16. The minimum Gasteiger partial charge on any atom is -0.423 e. The fourth-order valence-electron chi connectivity index (χ4n) is 2.70. The van der Waals surface area contributed by atoms with E-state index in [1.807, 2.05) is 36.6 Å². The standard InChI is InChI=1S/C18H14N2O3S2/c1-10-3-4-12-11(8-15(21)23-14(12)7-10)9-25-18-19-13-5-6-24-16(13)17(22)20(18)2/h3-8H,9H2,1-2H3. The lowest BCUT2D eigenvalue weighted by atomic mass is 10.1. The second-order valence-corrected chi connectivity index (χ2v) is 7.63. The summed E-state index contributed by atoms with van der Waals surface area (Å²) in [5.74, 6) is 0.529. The third-order valence-corrected chi connectivity index (χ3v) is 5.96. The molecule has 0 bridgehead atoms. The highest BCUT2D eigenvalue weighted by Crippen LogP contribution is 2.26. The first kappa shape index (κ1) is 16.1. The Morgan fingerprint density at radius 1 is 1.24 bits per heavy atom. The fourth-order valence-corrected chi connectivity index (χ4v) is 4.46. The molecule has 3 aromatic heterocycles. The van der Waals surface area contributed by atoms with Crippen molar-refractivity contribution in [1.29, 1.82) is 0 Å². The Balaban J connectivity index is 1.75. The molecule has 0 unspecified atom stereocenters. The summed E-state index contributed by atoms with van der Waals surface area (Å²) in [5.41, 5.74) is 2.78. The van der Waals surface area contributed by atoms with Gasteiger partial charge in [0.2, 0.25) is 0 Å². The first-order chi connectivity index (χ1) is 12.0. The van der Waals surface area contributed by atoms with Crippen molar-refractivity contribution in [2.75, 3.05) is 0 Å². The molecule has 0 aliphatic carbocycles. The largest absolute Gasteiger partial charge is 0.423 e. The van der Waals surface area contributed by atoms with Gasteiger partial charge in [0, 0.05) is 24.3 Å². The van der Waals surface area contributed by atoms with Crippen LogP contribution in [0.1, 0.15) is 11.1 Å². The first-order valence-corrected chi connectivity index (χ1v) is 9.50. The van der Waals surface area contributed by atoms with Gasteiger partial charge in [0.05, 0.1) is 5.52 Å². The molecule has 3 heterocycles. The van der Waals surface area contributed by atoms with E-state index in [4.69, 9.17) is 4.42 Å². The van der Waals surface area contributed by atoms with Crippen LogP contribution in [0.15, 0.2) is 54.9 Å². The Hall–Kier alpha value is -2.38. The van der Waals surface area contributed by atoms with Gasteiger partial charge in [-0.1, -0.05) is 23.9 Å². The Bertz CT molecular complexity index is 1220. The number of thiophene rings is 1. The lowest BCUT2D eigenvalue weighted by Crippen LogP contribution is -2.18. The van der Waals surface area contributed by atoms with Crippen LogP contribution in [0.25, 0.3) is 21.2 Å². The number of rotatable bonds is 3. The second-order valence-electron chi connectivity index (χ2n) is 5.77. The Morgan fingerprint density at radius 2 is 2.08 bits per heavy atom. The highest BCUT2D eigenvalue weighted by molar-refractivity contribution is 7.98. The number of nitrogens with zero attached hydrogens (tertiary/aromatic N) is 2. The van der Waals surface area contributed by atoms with Gasteiger partial charge in [-0.25, -0.2) is 9.78 Å². The summed E-state index contributed by atoms with van der Waals surface area (Å²) in [6.45, 7) is 1.95. The zero-order valence-electron chi connectivity index (χ0n) is 13.6. The van der Waals surface area contributed by atoms with Gasteiger partial charge in [-0.2, -0.15) is 0 Å².